The van der Waals surface area contributed by atoms with Crippen LogP contribution < -0.4 is 10.6 Å². The molecule has 0 aromatic heterocycles. The van der Waals surface area contributed by atoms with Gasteiger partial charge < -0.3 is 10.4 Å². The lowest BCUT2D eigenvalue weighted by atomic mass is 10.3. The number of carboxylic acid groups (broad SMARTS) is 1. The third kappa shape index (κ3) is 2.16. The third-order valence-electron chi connectivity index (χ3n) is 1.42. The Morgan fingerprint density at radius 2 is 1.75 bits per heavy atom. The summed E-state index contributed by atoms with van der Waals surface area (Å²) in [4.78, 5) is 10.2. The van der Waals surface area contributed by atoms with Crippen LogP contribution in [-0.2, 0) is 0 Å². The third-order valence-corrected chi connectivity index (χ3v) is 1.42. The molecule has 0 saturated heterocycles. The van der Waals surface area contributed by atoms with Crippen LogP contribution in [-0.4, -0.2) is 18.2 Å². The molecule has 0 fully saturated rings. The predicted octanol–water partition coefficient (Wildman–Crippen LogP) is 1.82. The molecule has 0 aliphatic heterocycles. The second-order valence-electron chi connectivity index (χ2n) is 2.26. The van der Waals surface area contributed by atoms with Crippen molar-refractivity contribution >= 4 is 17.5 Å². The van der Waals surface area contributed by atoms with Gasteiger partial charge in [-0.15, -0.1) is 0 Å². The van der Waals surface area contributed by atoms with Crippen LogP contribution in [0.15, 0.2) is 24.3 Å². The quantitative estimate of drug-likeness (QED) is 0.628. The van der Waals surface area contributed by atoms with Crippen LogP contribution in [0.5, 0.6) is 0 Å². The lowest BCUT2D eigenvalue weighted by molar-refractivity contribution is 0.210. The van der Waals surface area contributed by atoms with Crippen LogP contribution >= 0.6 is 0 Å². The zero-order valence-electron chi connectivity index (χ0n) is 6.66. The van der Waals surface area contributed by atoms with Crippen LogP contribution in [0.2, 0.25) is 0 Å². The minimum atomic E-state index is -1.05. The molecule has 1 amide bonds. The lowest BCUT2D eigenvalue weighted by Gasteiger charge is -2.02. The van der Waals surface area contributed by atoms with Crippen LogP contribution in [0.1, 0.15) is 0 Å². The summed E-state index contributed by atoms with van der Waals surface area (Å²) in [6.45, 7) is 0. The molecule has 1 rings (SSSR count). The summed E-state index contributed by atoms with van der Waals surface area (Å²) in [7, 11) is 1.81. The second kappa shape index (κ2) is 3.61. The molecule has 0 aliphatic carbocycles. The first kappa shape index (κ1) is 8.39. The summed E-state index contributed by atoms with van der Waals surface area (Å²) in [5.74, 6) is 0. The maximum Gasteiger partial charge on any atom is 0.409 e. The van der Waals surface area contributed by atoms with Gasteiger partial charge in [0.2, 0.25) is 0 Å². The van der Waals surface area contributed by atoms with Crippen LogP contribution in [0, 0.1) is 0 Å². The van der Waals surface area contributed by atoms with Gasteiger partial charge in [-0.05, 0) is 24.3 Å². The Morgan fingerprint density at radius 1 is 1.25 bits per heavy atom. The van der Waals surface area contributed by atoms with Crippen molar-refractivity contribution in [3.63, 3.8) is 0 Å². The van der Waals surface area contributed by atoms with Gasteiger partial charge in [-0.3, -0.25) is 5.32 Å². The number of carbonyl (C=O) groups is 1. The predicted molar refractivity (Wildman–Crippen MR) is 47.6 cm³/mol. The van der Waals surface area contributed by atoms with Gasteiger partial charge in [0.15, 0.2) is 0 Å². The van der Waals surface area contributed by atoms with Crippen LogP contribution in [0.25, 0.3) is 0 Å². The van der Waals surface area contributed by atoms with E-state index in [2.05, 4.69) is 10.6 Å². The number of amides is 1. The average Bonchev–Trinajstić information content (AvgIpc) is 2.05. The Kier molecular flexibility index (Phi) is 2.53. The Bertz CT molecular complexity index is 269. The minimum absolute atomic E-state index is 0.571. The van der Waals surface area contributed by atoms with E-state index in [1.165, 1.54) is 0 Å². The van der Waals surface area contributed by atoms with Gasteiger partial charge in [0.1, 0.15) is 0 Å². The monoisotopic (exact) mass is 166 g/mol. The van der Waals surface area contributed by atoms with Crippen molar-refractivity contribution in [1.82, 2.24) is 0 Å². The van der Waals surface area contributed by atoms with Crippen molar-refractivity contribution in [1.29, 1.82) is 0 Å². The van der Waals surface area contributed by atoms with Crippen LogP contribution in [0.3, 0.4) is 0 Å². The molecule has 4 nitrogen and oxygen atoms in total. The first-order valence-corrected chi connectivity index (χ1v) is 3.50. The summed E-state index contributed by atoms with van der Waals surface area (Å²) in [5, 5.41) is 13.5. The molecule has 0 heterocycles. The Balaban J connectivity index is 2.71. The molecule has 12 heavy (non-hydrogen) atoms. The van der Waals surface area contributed by atoms with E-state index in [0.717, 1.165) is 5.69 Å². The van der Waals surface area contributed by atoms with E-state index in [1.54, 1.807) is 31.3 Å². The second-order valence-corrected chi connectivity index (χ2v) is 2.26. The molecule has 64 valence electrons. The van der Waals surface area contributed by atoms with E-state index in [-0.39, 0.29) is 0 Å². The average molecular weight is 166 g/mol. The first-order valence-electron chi connectivity index (χ1n) is 3.50. The summed E-state index contributed by atoms with van der Waals surface area (Å²) < 4.78 is 0. The smallest absolute Gasteiger partial charge is 0.409 e. The zero-order valence-corrected chi connectivity index (χ0v) is 6.66. The summed E-state index contributed by atoms with van der Waals surface area (Å²) >= 11 is 0. The fraction of sp³-hybridized carbons (Fsp3) is 0.125. The van der Waals surface area contributed by atoms with E-state index in [1.807, 2.05) is 0 Å². The molecule has 1 aromatic carbocycles. The van der Waals surface area contributed by atoms with E-state index in [0.29, 0.717) is 5.69 Å². The minimum Gasteiger partial charge on any atom is -0.465 e. The van der Waals surface area contributed by atoms with Gasteiger partial charge in [0.05, 0.1) is 0 Å². The van der Waals surface area contributed by atoms with Crippen molar-refractivity contribution in [2.75, 3.05) is 17.7 Å². The zero-order chi connectivity index (χ0) is 8.97. The molecule has 0 saturated carbocycles. The van der Waals surface area contributed by atoms with Gasteiger partial charge in [-0.1, -0.05) is 0 Å². The molecular formula is C8H10N2O2. The van der Waals surface area contributed by atoms with Crippen molar-refractivity contribution in [3.8, 4) is 0 Å². The van der Waals surface area contributed by atoms with E-state index >= 15 is 0 Å². The topological polar surface area (TPSA) is 61.4 Å². The molecule has 1 aromatic rings. The summed E-state index contributed by atoms with van der Waals surface area (Å²) in [6, 6.07) is 6.98. The van der Waals surface area contributed by atoms with E-state index in [4.69, 9.17) is 5.11 Å². The fourth-order valence-electron chi connectivity index (χ4n) is 0.844. The summed E-state index contributed by atoms with van der Waals surface area (Å²) in [6.07, 6.45) is -1.05. The number of rotatable bonds is 2. The number of nitrogens with one attached hydrogen (secondary N) is 2. The van der Waals surface area contributed by atoms with Gasteiger partial charge in [0.25, 0.3) is 0 Å². The Labute approximate surface area is 70.2 Å². The van der Waals surface area contributed by atoms with E-state index in [9.17, 15) is 4.79 Å². The maximum absolute atomic E-state index is 10.2. The fourth-order valence-corrected chi connectivity index (χ4v) is 0.844. The molecule has 4 heteroatoms. The van der Waals surface area contributed by atoms with Gasteiger partial charge in [-0.2, -0.15) is 0 Å². The van der Waals surface area contributed by atoms with Gasteiger partial charge in [-0.25, -0.2) is 4.79 Å². The molecule has 0 unspecified atom stereocenters. The van der Waals surface area contributed by atoms with Crippen molar-refractivity contribution in [3.05, 3.63) is 24.3 Å². The highest BCUT2D eigenvalue weighted by molar-refractivity contribution is 5.83. The molecule has 0 radical (unpaired) electrons. The molecule has 0 atom stereocenters. The molecular weight excluding hydrogens is 156 g/mol. The SMILES string of the molecule is CNc1ccc(NC(=O)O)cc1. The van der Waals surface area contributed by atoms with Gasteiger partial charge in [0, 0.05) is 18.4 Å². The number of benzene rings is 1. The van der Waals surface area contributed by atoms with Crippen molar-refractivity contribution in [2.45, 2.75) is 0 Å². The van der Waals surface area contributed by atoms with Crippen LogP contribution in [0.4, 0.5) is 16.2 Å². The lowest BCUT2D eigenvalue weighted by Crippen LogP contribution is -2.06. The largest absolute Gasteiger partial charge is 0.465 e. The summed E-state index contributed by atoms with van der Waals surface area (Å²) in [5.41, 5.74) is 1.52. The number of hydrogen-bond acceptors (Lipinski definition) is 2. The highest BCUT2D eigenvalue weighted by atomic mass is 16.4. The Morgan fingerprint density at radius 3 is 2.17 bits per heavy atom. The van der Waals surface area contributed by atoms with Gasteiger partial charge >= 0.3 is 6.09 Å². The Hall–Kier alpha value is -1.71. The number of hydrogen-bond donors (Lipinski definition) is 3. The molecule has 0 spiro atoms. The molecule has 0 aliphatic rings. The van der Waals surface area contributed by atoms with Crippen molar-refractivity contribution in [2.24, 2.45) is 0 Å². The normalized spacial score (nSPS) is 9.08. The number of anilines is 2. The van der Waals surface area contributed by atoms with E-state index < -0.39 is 6.09 Å². The van der Waals surface area contributed by atoms with Crippen molar-refractivity contribution < 1.29 is 9.90 Å². The highest BCUT2D eigenvalue weighted by Crippen LogP contribution is 2.12. The maximum atomic E-state index is 10.2. The highest BCUT2D eigenvalue weighted by Gasteiger charge is 1.95. The standard InChI is InChI=1S/C8H10N2O2/c1-9-6-2-4-7(5-3-6)10-8(11)12/h2-5,9-10H,1H3,(H,11,12). The molecule has 0 bridgehead atoms. The molecule has 3 N–H and O–H groups in total. The first-order chi connectivity index (χ1) is 5.72.